The molecule has 4 atom stereocenters. The largest absolute Gasteiger partial charge is 0.379 e. The van der Waals surface area contributed by atoms with Crippen molar-refractivity contribution in [3.63, 3.8) is 0 Å². The molecule has 0 radical (unpaired) electrons. The monoisotopic (exact) mass is 279 g/mol. The standard InChI is InChI=1S/C16H22ClNO/c1-10-15(12-5-7-14(17)8-6-12)9-16(13-3-4-13)18(10)11(2)19/h5-8,10-11,13,15-16,19H,3-4,9H2,1-2H3. The highest BCUT2D eigenvalue weighted by molar-refractivity contribution is 6.30. The minimum atomic E-state index is -0.349. The summed E-state index contributed by atoms with van der Waals surface area (Å²) in [6.45, 7) is 4.14. The van der Waals surface area contributed by atoms with Gasteiger partial charge in [-0.3, -0.25) is 4.90 Å². The fourth-order valence-electron chi connectivity index (χ4n) is 3.75. The Hall–Kier alpha value is -0.570. The van der Waals surface area contributed by atoms with E-state index >= 15 is 0 Å². The maximum Gasteiger partial charge on any atom is 0.105 e. The molecule has 1 N–H and O–H groups in total. The van der Waals surface area contributed by atoms with Gasteiger partial charge in [0.25, 0.3) is 0 Å². The molecule has 3 rings (SSSR count). The molecular weight excluding hydrogens is 258 g/mol. The molecule has 1 saturated heterocycles. The summed E-state index contributed by atoms with van der Waals surface area (Å²) in [4.78, 5) is 2.32. The predicted octanol–water partition coefficient (Wildman–Crippen LogP) is 3.63. The molecule has 2 aliphatic rings. The van der Waals surface area contributed by atoms with Crippen molar-refractivity contribution in [1.82, 2.24) is 4.90 Å². The van der Waals surface area contributed by atoms with Gasteiger partial charge in [-0.25, -0.2) is 0 Å². The van der Waals surface area contributed by atoms with Gasteiger partial charge in [0.2, 0.25) is 0 Å². The minimum absolute atomic E-state index is 0.349. The molecule has 0 bridgehead atoms. The maximum atomic E-state index is 10.1. The predicted molar refractivity (Wildman–Crippen MR) is 78.3 cm³/mol. The van der Waals surface area contributed by atoms with Crippen molar-refractivity contribution in [2.24, 2.45) is 5.92 Å². The molecule has 0 aromatic heterocycles. The molecule has 0 amide bonds. The zero-order valence-electron chi connectivity index (χ0n) is 11.6. The smallest absolute Gasteiger partial charge is 0.105 e. The Morgan fingerprint density at radius 3 is 2.42 bits per heavy atom. The van der Waals surface area contributed by atoms with Gasteiger partial charge in [0.15, 0.2) is 0 Å². The van der Waals surface area contributed by atoms with Crippen LogP contribution in [0.15, 0.2) is 24.3 Å². The summed E-state index contributed by atoms with van der Waals surface area (Å²) in [6, 6.07) is 9.17. The lowest BCUT2D eigenvalue weighted by atomic mass is 9.91. The van der Waals surface area contributed by atoms with Crippen LogP contribution in [0.3, 0.4) is 0 Å². The van der Waals surface area contributed by atoms with Crippen LogP contribution in [-0.2, 0) is 0 Å². The van der Waals surface area contributed by atoms with Crippen molar-refractivity contribution in [2.75, 3.05) is 0 Å². The van der Waals surface area contributed by atoms with Crippen molar-refractivity contribution in [3.05, 3.63) is 34.9 Å². The van der Waals surface area contributed by atoms with Crippen molar-refractivity contribution in [2.45, 2.75) is 57.3 Å². The molecule has 2 fully saturated rings. The molecule has 2 nitrogen and oxygen atoms in total. The van der Waals surface area contributed by atoms with E-state index < -0.39 is 0 Å². The fraction of sp³-hybridized carbons (Fsp3) is 0.625. The van der Waals surface area contributed by atoms with E-state index in [1.807, 2.05) is 19.1 Å². The van der Waals surface area contributed by atoms with Gasteiger partial charge in [0.1, 0.15) is 6.23 Å². The molecule has 3 heteroatoms. The number of aliphatic hydroxyl groups excluding tert-OH is 1. The fourth-order valence-corrected chi connectivity index (χ4v) is 3.87. The summed E-state index contributed by atoms with van der Waals surface area (Å²) in [5, 5.41) is 10.9. The first kappa shape index (κ1) is 13.4. The number of halogens is 1. The van der Waals surface area contributed by atoms with Crippen LogP contribution in [0.4, 0.5) is 0 Å². The van der Waals surface area contributed by atoms with E-state index in [2.05, 4.69) is 24.0 Å². The van der Waals surface area contributed by atoms with Crippen LogP contribution >= 0.6 is 11.6 Å². The average molecular weight is 280 g/mol. The van der Waals surface area contributed by atoms with Crippen LogP contribution < -0.4 is 0 Å². The molecule has 1 aliphatic carbocycles. The number of benzene rings is 1. The lowest BCUT2D eigenvalue weighted by Gasteiger charge is -2.32. The van der Waals surface area contributed by atoms with Crippen LogP contribution in [0.2, 0.25) is 5.02 Å². The summed E-state index contributed by atoms with van der Waals surface area (Å²) >= 11 is 5.97. The summed E-state index contributed by atoms with van der Waals surface area (Å²) < 4.78 is 0. The van der Waals surface area contributed by atoms with Gasteiger partial charge in [-0.05, 0) is 56.7 Å². The first-order chi connectivity index (χ1) is 9.08. The topological polar surface area (TPSA) is 23.5 Å². The third kappa shape index (κ3) is 2.54. The second-order valence-corrected chi connectivity index (χ2v) is 6.55. The van der Waals surface area contributed by atoms with E-state index in [1.54, 1.807) is 0 Å². The van der Waals surface area contributed by atoms with E-state index in [1.165, 1.54) is 24.8 Å². The Bertz CT molecular complexity index is 441. The molecule has 19 heavy (non-hydrogen) atoms. The number of nitrogens with zero attached hydrogens (tertiary/aromatic N) is 1. The molecule has 1 heterocycles. The van der Waals surface area contributed by atoms with Crippen molar-refractivity contribution < 1.29 is 5.11 Å². The molecule has 1 aliphatic heterocycles. The molecule has 104 valence electrons. The molecule has 1 saturated carbocycles. The Balaban J connectivity index is 1.84. The highest BCUT2D eigenvalue weighted by atomic mass is 35.5. The Labute approximate surface area is 120 Å². The average Bonchev–Trinajstić information content (AvgIpc) is 3.14. The first-order valence-electron chi connectivity index (χ1n) is 7.29. The molecule has 1 aromatic rings. The lowest BCUT2D eigenvalue weighted by Crippen LogP contribution is -2.43. The van der Waals surface area contributed by atoms with Gasteiger partial charge >= 0.3 is 0 Å². The van der Waals surface area contributed by atoms with Crippen LogP contribution in [0.5, 0.6) is 0 Å². The van der Waals surface area contributed by atoms with Crippen molar-refractivity contribution >= 4 is 11.6 Å². The van der Waals surface area contributed by atoms with Crippen LogP contribution in [0, 0.1) is 5.92 Å². The summed E-state index contributed by atoms with van der Waals surface area (Å²) in [6.07, 6.45) is 3.47. The van der Waals surface area contributed by atoms with Gasteiger partial charge in [0.05, 0.1) is 0 Å². The third-order valence-electron chi connectivity index (χ3n) is 4.83. The highest BCUT2D eigenvalue weighted by Gasteiger charge is 2.47. The highest BCUT2D eigenvalue weighted by Crippen LogP contribution is 2.47. The second-order valence-electron chi connectivity index (χ2n) is 6.12. The van der Waals surface area contributed by atoms with E-state index in [0.29, 0.717) is 18.0 Å². The Morgan fingerprint density at radius 2 is 1.89 bits per heavy atom. The van der Waals surface area contributed by atoms with Gasteiger partial charge in [-0.1, -0.05) is 23.7 Å². The molecular formula is C16H22ClNO. The normalized spacial score (nSPS) is 33.6. The number of hydrogen-bond donors (Lipinski definition) is 1. The van der Waals surface area contributed by atoms with Gasteiger partial charge in [-0.15, -0.1) is 0 Å². The summed E-state index contributed by atoms with van der Waals surface area (Å²) in [5.74, 6) is 1.31. The number of rotatable bonds is 3. The number of aliphatic hydroxyl groups is 1. The maximum absolute atomic E-state index is 10.1. The Kier molecular flexibility index (Phi) is 3.59. The van der Waals surface area contributed by atoms with Gasteiger partial charge in [0, 0.05) is 23.0 Å². The first-order valence-corrected chi connectivity index (χ1v) is 7.66. The lowest BCUT2D eigenvalue weighted by molar-refractivity contribution is -0.0188. The Morgan fingerprint density at radius 1 is 1.26 bits per heavy atom. The molecule has 4 unspecified atom stereocenters. The quantitative estimate of drug-likeness (QED) is 0.913. The van der Waals surface area contributed by atoms with E-state index in [0.717, 1.165) is 10.9 Å². The van der Waals surface area contributed by atoms with Gasteiger partial charge in [-0.2, -0.15) is 0 Å². The zero-order valence-corrected chi connectivity index (χ0v) is 12.3. The van der Waals surface area contributed by atoms with Crippen LogP contribution in [0.1, 0.15) is 44.6 Å². The van der Waals surface area contributed by atoms with Crippen LogP contribution in [-0.4, -0.2) is 28.3 Å². The van der Waals surface area contributed by atoms with Gasteiger partial charge < -0.3 is 5.11 Å². The number of likely N-dealkylation sites (tertiary alicyclic amines) is 1. The molecule has 1 aromatic carbocycles. The van der Waals surface area contributed by atoms with E-state index in [9.17, 15) is 5.11 Å². The van der Waals surface area contributed by atoms with E-state index in [4.69, 9.17) is 11.6 Å². The van der Waals surface area contributed by atoms with Crippen LogP contribution in [0.25, 0.3) is 0 Å². The second kappa shape index (κ2) is 5.08. The zero-order chi connectivity index (χ0) is 13.6. The molecule has 0 spiro atoms. The SMILES string of the molecule is CC(O)N1C(C)C(c2ccc(Cl)cc2)CC1C1CC1. The van der Waals surface area contributed by atoms with Crippen molar-refractivity contribution in [1.29, 1.82) is 0 Å². The minimum Gasteiger partial charge on any atom is -0.379 e. The van der Waals surface area contributed by atoms with Crippen molar-refractivity contribution in [3.8, 4) is 0 Å². The number of hydrogen-bond acceptors (Lipinski definition) is 2. The summed E-state index contributed by atoms with van der Waals surface area (Å²) in [5.41, 5.74) is 1.35. The summed E-state index contributed by atoms with van der Waals surface area (Å²) in [7, 11) is 0. The van der Waals surface area contributed by atoms with E-state index in [-0.39, 0.29) is 6.23 Å². The third-order valence-corrected chi connectivity index (χ3v) is 5.08.